The van der Waals surface area contributed by atoms with Crippen molar-refractivity contribution in [2.75, 3.05) is 5.88 Å². The Labute approximate surface area is 124 Å². The molecule has 0 amide bonds. The molecule has 2 aromatic carbocycles. The summed E-state index contributed by atoms with van der Waals surface area (Å²) in [5, 5.41) is 2.00. The molecule has 0 saturated heterocycles. The molecule has 0 aliphatic carbocycles. The van der Waals surface area contributed by atoms with Gasteiger partial charge in [0.25, 0.3) is 0 Å². The van der Waals surface area contributed by atoms with Crippen molar-refractivity contribution in [3.05, 3.63) is 42.0 Å². The van der Waals surface area contributed by atoms with Gasteiger partial charge in [0.1, 0.15) is 5.75 Å². The van der Waals surface area contributed by atoms with Crippen molar-refractivity contribution in [2.24, 2.45) is 0 Å². The quantitative estimate of drug-likeness (QED) is 0.563. The molecular formula is C17H19ClO2. The number of ketones is 1. The molecule has 0 fully saturated rings. The number of alkyl halides is 1. The first kappa shape index (κ1) is 14.9. The van der Waals surface area contributed by atoms with Crippen LogP contribution in [0, 0.1) is 0 Å². The number of carbonyl (C=O) groups is 1. The van der Waals surface area contributed by atoms with E-state index in [0.29, 0.717) is 30.0 Å². The standard InChI is InChI=1S/C17H19ClO2/c1-12(2)20-16-10-9-13-6-3-4-7-14(13)17(16)15(19)8-5-11-18/h3-4,6-7,9-10,12H,5,8,11H2,1-2H3. The zero-order chi connectivity index (χ0) is 14.5. The lowest BCUT2D eigenvalue weighted by Gasteiger charge is -2.15. The van der Waals surface area contributed by atoms with Gasteiger partial charge in [0.15, 0.2) is 5.78 Å². The van der Waals surface area contributed by atoms with E-state index < -0.39 is 0 Å². The van der Waals surface area contributed by atoms with E-state index in [0.717, 1.165) is 10.8 Å². The average Bonchev–Trinajstić information content (AvgIpc) is 2.44. The third kappa shape index (κ3) is 3.31. The Morgan fingerprint density at radius 3 is 2.65 bits per heavy atom. The summed E-state index contributed by atoms with van der Waals surface area (Å²) in [5.41, 5.74) is 0.682. The molecule has 0 saturated carbocycles. The van der Waals surface area contributed by atoms with Crippen LogP contribution in [0.15, 0.2) is 36.4 Å². The van der Waals surface area contributed by atoms with E-state index >= 15 is 0 Å². The first-order chi connectivity index (χ1) is 9.63. The van der Waals surface area contributed by atoms with E-state index in [1.807, 2.05) is 50.2 Å². The zero-order valence-corrected chi connectivity index (χ0v) is 12.6. The topological polar surface area (TPSA) is 26.3 Å². The molecule has 0 aliphatic rings. The summed E-state index contributed by atoms with van der Waals surface area (Å²) in [6.45, 7) is 3.92. The molecule has 0 bridgehead atoms. The molecule has 0 spiro atoms. The first-order valence-electron chi connectivity index (χ1n) is 6.91. The monoisotopic (exact) mass is 290 g/mol. The molecule has 0 unspecified atom stereocenters. The van der Waals surface area contributed by atoms with Gasteiger partial charge in [0.05, 0.1) is 11.7 Å². The van der Waals surface area contributed by atoms with Crippen molar-refractivity contribution in [2.45, 2.75) is 32.8 Å². The summed E-state index contributed by atoms with van der Waals surface area (Å²) in [5.74, 6) is 1.26. The van der Waals surface area contributed by atoms with Gasteiger partial charge in [-0.2, -0.15) is 0 Å². The Kier molecular flexibility index (Phi) is 5.02. The van der Waals surface area contributed by atoms with E-state index in [2.05, 4.69) is 0 Å². The number of halogens is 1. The summed E-state index contributed by atoms with van der Waals surface area (Å²) in [6.07, 6.45) is 1.17. The van der Waals surface area contributed by atoms with Crippen LogP contribution < -0.4 is 4.74 Å². The lowest BCUT2D eigenvalue weighted by atomic mass is 9.98. The van der Waals surface area contributed by atoms with Gasteiger partial charge < -0.3 is 4.74 Å². The van der Waals surface area contributed by atoms with Gasteiger partial charge in [0, 0.05) is 12.3 Å². The number of rotatable bonds is 6. The molecule has 106 valence electrons. The van der Waals surface area contributed by atoms with E-state index in [1.165, 1.54) is 0 Å². The number of benzene rings is 2. The van der Waals surface area contributed by atoms with Crippen molar-refractivity contribution in [3.63, 3.8) is 0 Å². The normalized spacial score (nSPS) is 11.0. The number of fused-ring (bicyclic) bond motifs is 1. The lowest BCUT2D eigenvalue weighted by Crippen LogP contribution is -2.10. The Morgan fingerprint density at radius 1 is 1.20 bits per heavy atom. The molecule has 20 heavy (non-hydrogen) atoms. The van der Waals surface area contributed by atoms with Crippen LogP contribution in [0.1, 0.15) is 37.0 Å². The van der Waals surface area contributed by atoms with Gasteiger partial charge in [-0.25, -0.2) is 0 Å². The third-order valence-corrected chi connectivity index (χ3v) is 3.34. The third-order valence-electron chi connectivity index (χ3n) is 3.07. The van der Waals surface area contributed by atoms with Gasteiger partial charge in [-0.05, 0) is 37.1 Å². The molecule has 0 radical (unpaired) electrons. The van der Waals surface area contributed by atoms with Gasteiger partial charge >= 0.3 is 0 Å². The molecule has 0 heterocycles. The van der Waals surface area contributed by atoms with Gasteiger partial charge in [-0.1, -0.05) is 30.3 Å². The molecule has 0 N–H and O–H groups in total. The smallest absolute Gasteiger partial charge is 0.167 e. The van der Waals surface area contributed by atoms with Crippen LogP contribution >= 0.6 is 11.6 Å². The fourth-order valence-electron chi connectivity index (χ4n) is 2.24. The second-order valence-electron chi connectivity index (χ2n) is 5.04. The highest BCUT2D eigenvalue weighted by molar-refractivity contribution is 6.18. The summed E-state index contributed by atoms with van der Waals surface area (Å²) in [7, 11) is 0. The number of hydrogen-bond donors (Lipinski definition) is 0. The van der Waals surface area contributed by atoms with E-state index in [1.54, 1.807) is 0 Å². The Morgan fingerprint density at radius 2 is 1.95 bits per heavy atom. The number of ether oxygens (including phenoxy) is 1. The summed E-state index contributed by atoms with van der Waals surface area (Å²) < 4.78 is 5.80. The molecule has 2 aromatic rings. The highest BCUT2D eigenvalue weighted by atomic mass is 35.5. The maximum absolute atomic E-state index is 12.5. The minimum absolute atomic E-state index is 0.0377. The molecule has 0 atom stereocenters. The second kappa shape index (κ2) is 6.76. The van der Waals surface area contributed by atoms with E-state index in [4.69, 9.17) is 16.3 Å². The van der Waals surface area contributed by atoms with Crippen LogP contribution in [0.25, 0.3) is 10.8 Å². The molecule has 0 aliphatic heterocycles. The van der Waals surface area contributed by atoms with Crippen LogP contribution in [0.5, 0.6) is 5.75 Å². The van der Waals surface area contributed by atoms with Crippen LogP contribution in [0.4, 0.5) is 0 Å². The molecular weight excluding hydrogens is 272 g/mol. The predicted molar refractivity (Wildman–Crippen MR) is 84.0 cm³/mol. The largest absolute Gasteiger partial charge is 0.490 e. The minimum Gasteiger partial charge on any atom is -0.490 e. The summed E-state index contributed by atoms with van der Waals surface area (Å²) in [6, 6.07) is 11.8. The fourth-order valence-corrected chi connectivity index (χ4v) is 2.38. The first-order valence-corrected chi connectivity index (χ1v) is 7.44. The summed E-state index contributed by atoms with van der Waals surface area (Å²) in [4.78, 5) is 12.5. The van der Waals surface area contributed by atoms with Gasteiger partial charge in [-0.15, -0.1) is 11.6 Å². The second-order valence-corrected chi connectivity index (χ2v) is 5.42. The number of carbonyl (C=O) groups excluding carboxylic acids is 1. The Balaban J connectivity index is 2.52. The molecule has 3 heteroatoms. The van der Waals surface area contributed by atoms with Crippen molar-refractivity contribution in [1.82, 2.24) is 0 Å². The molecule has 2 rings (SSSR count). The SMILES string of the molecule is CC(C)Oc1ccc2ccccc2c1C(=O)CCCCl. The van der Waals surface area contributed by atoms with Crippen molar-refractivity contribution < 1.29 is 9.53 Å². The lowest BCUT2D eigenvalue weighted by molar-refractivity contribution is 0.0978. The van der Waals surface area contributed by atoms with Crippen molar-refractivity contribution in [3.8, 4) is 5.75 Å². The maximum atomic E-state index is 12.5. The van der Waals surface area contributed by atoms with Crippen LogP contribution in [0.3, 0.4) is 0 Å². The average molecular weight is 291 g/mol. The summed E-state index contributed by atoms with van der Waals surface area (Å²) >= 11 is 5.69. The van der Waals surface area contributed by atoms with Crippen LogP contribution in [-0.4, -0.2) is 17.8 Å². The van der Waals surface area contributed by atoms with Gasteiger partial charge in [0.2, 0.25) is 0 Å². The van der Waals surface area contributed by atoms with Gasteiger partial charge in [-0.3, -0.25) is 4.79 Å². The molecule has 0 aromatic heterocycles. The van der Waals surface area contributed by atoms with Crippen LogP contribution in [0.2, 0.25) is 0 Å². The predicted octanol–water partition coefficient (Wildman–Crippen LogP) is 4.83. The maximum Gasteiger partial charge on any atom is 0.167 e. The number of Topliss-reactive ketones (excluding diaryl/α,β-unsaturated/α-hetero) is 1. The molecule has 2 nitrogen and oxygen atoms in total. The highest BCUT2D eigenvalue weighted by Crippen LogP contribution is 2.30. The fraction of sp³-hybridized carbons (Fsp3) is 0.353. The number of hydrogen-bond acceptors (Lipinski definition) is 2. The van der Waals surface area contributed by atoms with Crippen molar-refractivity contribution in [1.29, 1.82) is 0 Å². The Hall–Kier alpha value is -1.54. The van der Waals surface area contributed by atoms with E-state index in [-0.39, 0.29) is 11.9 Å². The van der Waals surface area contributed by atoms with Crippen molar-refractivity contribution >= 4 is 28.2 Å². The minimum atomic E-state index is 0.0377. The highest BCUT2D eigenvalue weighted by Gasteiger charge is 2.16. The zero-order valence-electron chi connectivity index (χ0n) is 11.9. The Bertz CT molecular complexity index is 605. The van der Waals surface area contributed by atoms with Crippen LogP contribution in [-0.2, 0) is 0 Å². The van der Waals surface area contributed by atoms with E-state index in [9.17, 15) is 4.79 Å².